The number of amides is 1. The summed E-state index contributed by atoms with van der Waals surface area (Å²) in [7, 11) is 2.05. The summed E-state index contributed by atoms with van der Waals surface area (Å²) in [5.41, 5.74) is 6.82. The van der Waals surface area contributed by atoms with E-state index in [2.05, 4.69) is 41.1 Å². The van der Waals surface area contributed by atoms with Crippen molar-refractivity contribution >= 4 is 5.91 Å². The van der Waals surface area contributed by atoms with E-state index >= 15 is 0 Å². The number of carbonyl (C=O) groups is 1. The first kappa shape index (κ1) is 14.0. The lowest BCUT2D eigenvalue weighted by molar-refractivity contribution is -0.122. The fraction of sp³-hybridized carbons (Fsp3) is 0.533. The summed E-state index contributed by atoms with van der Waals surface area (Å²) in [6.45, 7) is 4.55. The van der Waals surface area contributed by atoms with E-state index in [-0.39, 0.29) is 11.8 Å². The Morgan fingerprint density at radius 2 is 2.00 bits per heavy atom. The number of benzene rings is 1. The van der Waals surface area contributed by atoms with Crippen LogP contribution in [0.1, 0.15) is 5.56 Å². The van der Waals surface area contributed by atoms with Crippen LogP contribution in [0.5, 0.6) is 0 Å². The van der Waals surface area contributed by atoms with Gasteiger partial charge in [0.1, 0.15) is 0 Å². The van der Waals surface area contributed by atoms with Crippen molar-refractivity contribution in [3.05, 3.63) is 35.9 Å². The Morgan fingerprint density at radius 3 is 2.68 bits per heavy atom. The average Bonchev–Trinajstić information content (AvgIpc) is 2.60. The van der Waals surface area contributed by atoms with Crippen molar-refractivity contribution in [2.45, 2.75) is 6.42 Å². The Hall–Kier alpha value is -1.39. The summed E-state index contributed by atoms with van der Waals surface area (Å²) in [5.74, 6) is -0.235. The number of hydrogen-bond donors (Lipinski definition) is 1. The van der Waals surface area contributed by atoms with Gasteiger partial charge in [-0.1, -0.05) is 30.3 Å². The minimum atomic E-state index is -0.182. The Morgan fingerprint density at radius 1 is 1.26 bits per heavy atom. The van der Waals surface area contributed by atoms with E-state index < -0.39 is 0 Å². The first-order valence-corrected chi connectivity index (χ1v) is 6.89. The van der Waals surface area contributed by atoms with Crippen LogP contribution in [0.15, 0.2) is 30.3 Å². The van der Waals surface area contributed by atoms with Crippen LogP contribution in [0.25, 0.3) is 0 Å². The van der Waals surface area contributed by atoms with Gasteiger partial charge >= 0.3 is 0 Å². The van der Waals surface area contributed by atoms with Crippen molar-refractivity contribution < 1.29 is 4.79 Å². The number of nitrogens with zero attached hydrogens (tertiary/aromatic N) is 2. The van der Waals surface area contributed by atoms with Crippen LogP contribution in [0.3, 0.4) is 0 Å². The SMILES string of the molecule is CN1CCN(CCc2ccccc2)CC(C(N)=O)C1. The van der Waals surface area contributed by atoms with Crippen LogP contribution in [-0.2, 0) is 11.2 Å². The van der Waals surface area contributed by atoms with Crippen LogP contribution in [-0.4, -0.2) is 55.5 Å². The van der Waals surface area contributed by atoms with E-state index in [4.69, 9.17) is 5.73 Å². The average molecular weight is 261 g/mol. The van der Waals surface area contributed by atoms with Gasteiger partial charge in [-0.25, -0.2) is 0 Å². The fourth-order valence-corrected chi connectivity index (χ4v) is 2.56. The van der Waals surface area contributed by atoms with E-state index in [1.807, 2.05) is 6.07 Å². The van der Waals surface area contributed by atoms with Gasteiger partial charge in [-0.2, -0.15) is 0 Å². The van der Waals surface area contributed by atoms with Gasteiger partial charge in [0.25, 0.3) is 0 Å². The molecule has 1 aliphatic heterocycles. The molecule has 1 atom stereocenters. The van der Waals surface area contributed by atoms with Crippen molar-refractivity contribution in [2.24, 2.45) is 11.7 Å². The first-order chi connectivity index (χ1) is 9.15. The molecular weight excluding hydrogens is 238 g/mol. The lowest BCUT2D eigenvalue weighted by atomic mass is 10.1. The van der Waals surface area contributed by atoms with Crippen molar-refractivity contribution in [3.63, 3.8) is 0 Å². The van der Waals surface area contributed by atoms with E-state index in [0.29, 0.717) is 0 Å². The van der Waals surface area contributed by atoms with Gasteiger partial charge in [0.05, 0.1) is 5.92 Å². The van der Waals surface area contributed by atoms with Gasteiger partial charge in [-0.15, -0.1) is 0 Å². The highest BCUT2D eigenvalue weighted by atomic mass is 16.1. The normalized spacial score (nSPS) is 22.1. The molecule has 104 valence electrons. The molecule has 0 aromatic heterocycles. The van der Waals surface area contributed by atoms with Gasteiger partial charge < -0.3 is 15.5 Å². The maximum atomic E-state index is 11.4. The molecule has 0 spiro atoms. The lowest BCUT2D eigenvalue weighted by Crippen LogP contribution is -2.38. The largest absolute Gasteiger partial charge is 0.369 e. The Bertz CT molecular complexity index is 407. The monoisotopic (exact) mass is 261 g/mol. The summed E-state index contributed by atoms with van der Waals surface area (Å²) in [4.78, 5) is 16.0. The lowest BCUT2D eigenvalue weighted by Gasteiger charge is -2.22. The molecule has 4 heteroatoms. The second kappa shape index (κ2) is 6.68. The summed E-state index contributed by atoms with van der Waals surface area (Å²) in [6, 6.07) is 10.5. The molecule has 19 heavy (non-hydrogen) atoms. The van der Waals surface area contributed by atoms with Gasteiger partial charge in [0.2, 0.25) is 5.91 Å². The highest BCUT2D eigenvalue weighted by molar-refractivity contribution is 5.77. The molecule has 1 aromatic rings. The number of primary amides is 1. The maximum absolute atomic E-state index is 11.4. The van der Waals surface area contributed by atoms with Crippen LogP contribution in [0, 0.1) is 5.92 Å². The molecule has 4 nitrogen and oxygen atoms in total. The van der Waals surface area contributed by atoms with Gasteiger partial charge in [0, 0.05) is 32.7 Å². The molecule has 1 fully saturated rings. The molecule has 0 radical (unpaired) electrons. The summed E-state index contributed by atoms with van der Waals surface area (Å²) in [6.07, 6.45) is 1.02. The smallest absolute Gasteiger partial charge is 0.223 e. The molecule has 1 saturated heterocycles. The fourth-order valence-electron chi connectivity index (χ4n) is 2.56. The first-order valence-electron chi connectivity index (χ1n) is 6.89. The van der Waals surface area contributed by atoms with Crippen LogP contribution >= 0.6 is 0 Å². The summed E-state index contributed by atoms with van der Waals surface area (Å²) in [5, 5.41) is 0. The number of likely N-dealkylation sites (N-methyl/N-ethyl adjacent to an activating group) is 1. The highest BCUT2D eigenvalue weighted by Gasteiger charge is 2.24. The third kappa shape index (κ3) is 4.33. The summed E-state index contributed by atoms with van der Waals surface area (Å²) >= 11 is 0. The second-order valence-electron chi connectivity index (χ2n) is 5.40. The predicted octanol–water partition coefficient (Wildman–Crippen LogP) is 0.578. The highest BCUT2D eigenvalue weighted by Crippen LogP contribution is 2.09. The Kier molecular flexibility index (Phi) is 4.93. The Labute approximate surface area is 115 Å². The molecule has 2 rings (SSSR count). The minimum absolute atomic E-state index is 0.0525. The molecule has 1 heterocycles. The van der Waals surface area contributed by atoms with Crippen LogP contribution in [0.2, 0.25) is 0 Å². The molecule has 0 bridgehead atoms. The van der Waals surface area contributed by atoms with Gasteiger partial charge in [-0.3, -0.25) is 4.79 Å². The standard InChI is InChI=1S/C15H23N3O/c1-17-9-10-18(12-14(11-17)15(16)19)8-7-13-5-3-2-4-6-13/h2-6,14H,7-12H2,1H3,(H2,16,19). The molecule has 0 aliphatic carbocycles. The van der Waals surface area contributed by atoms with Gasteiger partial charge in [-0.05, 0) is 19.0 Å². The van der Waals surface area contributed by atoms with Crippen LogP contribution in [0.4, 0.5) is 0 Å². The minimum Gasteiger partial charge on any atom is -0.369 e. The topological polar surface area (TPSA) is 49.6 Å². The zero-order valence-corrected chi connectivity index (χ0v) is 11.6. The maximum Gasteiger partial charge on any atom is 0.223 e. The second-order valence-corrected chi connectivity index (χ2v) is 5.40. The van der Waals surface area contributed by atoms with Crippen molar-refractivity contribution in [3.8, 4) is 0 Å². The van der Waals surface area contributed by atoms with Crippen molar-refractivity contribution in [2.75, 3.05) is 39.8 Å². The van der Waals surface area contributed by atoms with Crippen molar-refractivity contribution in [1.82, 2.24) is 9.80 Å². The zero-order chi connectivity index (χ0) is 13.7. The predicted molar refractivity (Wildman–Crippen MR) is 76.8 cm³/mol. The number of nitrogens with two attached hydrogens (primary N) is 1. The molecular formula is C15H23N3O. The zero-order valence-electron chi connectivity index (χ0n) is 11.6. The molecule has 1 aliphatic rings. The van der Waals surface area contributed by atoms with Crippen molar-refractivity contribution in [1.29, 1.82) is 0 Å². The number of hydrogen-bond acceptors (Lipinski definition) is 3. The molecule has 1 amide bonds. The van der Waals surface area contributed by atoms with E-state index in [1.165, 1.54) is 5.56 Å². The molecule has 0 saturated carbocycles. The molecule has 2 N–H and O–H groups in total. The molecule has 1 aromatic carbocycles. The third-order valence-electron chi connectivity index (χ3n) is 3.77. The quantitative estimate of drug-likeness (QED) is 0.862. The van der Waals surface area contributed by atoms with E-state index in [0.717, 1.165) is 39.1 Å². The van der Waals surface area contributed by atoms with Gasteiger partial charge in [0.15, 0.2) is 0 Å². The van der Waals surface area contributed by atoms with E-state index in [1.54, 1.807) is 0 Å². The summed E-state index contributed by atoms with van der Waals surface area (Å²) < 4.78 is 0. The third-order valence-corrected chi connectivity index (χ3v) is 3.77. The van der Waals surface area contributed by atoms with E-state index in [9.17, 15) is 4.79 Å². The molecule has 1 unspecified atom stereocenters. The van der Waals surface area contributed by atoms with Crippen LogP contribution < -0.4 is 5.73 Å². The Balaban J connectivity index is 1.90. The number of carbonyl (C=O) groups excluding carboxylic acids is 1. The number of rotatable bonds is 4.